The highest BCUT2D eigenvalue weighted by Gasteiger charge is 2.19. The number of aromatic nitrogens is 1. The summed E-state index contributed by atoms with van der Waals surface area (Å²) in [6, 6.07) is 8.53. The standard InChI is InChI=1S/C15H17N3O/c19-15-6-5-13(18-15)10-17-9-12-8-16-7-11-3-1-2-4-14(11)12/h1-4,7-8,13,17H,5-6,9-10H2,(H,18,19). The Bertz CT molecular complexity index is 591. The lowest BCUT2D eigenvalue weighted by molar-refractivity contribution is -0.119. The monoisotopic (exact) mass is 255 g/mol. The first-order valence-corrected chi connectivity index (χ1v) is 6.64. The molecule has 4 nitrogen and oxygen atoms in total. The second-order valence-electron chi connectivity index (χ2n) is 4.95. The van der Waals surface area contributed by atoms with Crippen molar-refractivity contribution < 1.29 is 4.79 Å². The van der Waals surface area contributed by atoms with E-state index in [2.05, 4.69) is 27.8 Å². The molecule has 1 aromatic carbocycles. The molecule has 2 aromatic rings. The van der Waals surface area contributed by atoms with Crippen LogP contribution in [0.25, 0.3) is 10.8 Å². The van der Waals surface area contributed by atoms with E-state index in [4.69, 9.17) is 0 Å². The number of carbonyl (C=O) groups is 1. The van der Waals surface area contributed by atoms with Crippen molar-refractivity contribution in [2.45, 2.75) is 25.4 Å². The average molecular weight is 255 g/mol. The average Bonchev–Trinajstić information content (AvgIpc) is 2.85. The van der Waals surface area contributed by atoms with Gasteiger partial charge < -0.3 is 10.6 Å². The molecule has 0 radical (unpaired) electrons. The van der Waals surface area contributed by atoms with Crippen molar-refractivity contribution >= 4 is 16.7 Å². The van der Waals surface area contributed by atoms with E-state index in [1.54, 1.807) is 0 Å². The first-order chi connectivity index (χ1) is 9.33. The Hall–Kier alpha value is -1.94. The fourth-order valence-corrected chi connectivity index (χ4v) is 2.53. The van der Waals surface area contributed by atoms with Crippen molar-refractivity contribution in [1.82, 2.24) is 15.6 Å². The molecule has 4 heteroatoms. The SMILES string of the molecule is O=C1CCC(CNCc2cncc3ccccc23)N1. The number of nitrogens with zero attached hydrogens (tertiary/aromatic N) is 1. The van der Waals surface area contributed by atoms with Gasteiger partial charge in [0.15, 0.2) is 0 Å². The Balaban J connectivity index is 1.64. The number of benzene rings is 1. The highest BCUT2D eigenvalue weighted by atomic mass is 16.1. The van der Waals surface area contributed by atoms with Gasteiger partial charge in [0.25, 0.3) is 0 Å². The summed E-state index contributed by atoms with van der Waals surface area (Å²) in [5.41, 5.74) is 1.20. The summed E-state index contributed by atoms with van der Waals surface area (Å²) in [6.07, 6.45) is 5.38. The Labute approximate surface area is 112 Å². The smallest absolute Gasteiger partial charge is 0.220 e. The van der Waals surface area contributed by atoms with Crippen LogP contribution in [0.2, 0.25) is 0 Å². The van der Waals surface area contributed by atoms with Crippen molar-refractivity contribution in [2.75, 3.05) is 6.54 Å². The topological polar surface area (TPSA) is 54.0 Å². The lowest BCUT2D eigenvalue weighted by Gasteiger charge is -2.12. The molecule has 2 N–H and O–H groups in total. The third kappa shape index (κ3) is 2.74. The van der Waals surface area contributed by atoms with E-state index in [-0.39, 0.29) is 11.9 Å². The predicted octanol–water partition coefficient (Wildman–Crippen LogP) is 1.60. The van der Waals surface area contributed by atoms with E-state index in [0.29, 0.717) is 6.42 Å². The first-order valence-electron chi connectivity index (χ1n) is 6.64. The number of nitrogens with one attached hydrogen (secondary N) is 2. The second kappa shape index (κ2) is 5.36. The molecule has 0 spiro atoms. The molecular weight excluding hydrogens is 238 g/mol. The molecule has 1 fully saturated rings. The Morgan fingerprint density at radius 2 is 2.21 bits per heavy atom. The fourth-order valence-electron chi connectivity index (χ4n) is 2.53. The van der Waals surface area contributed by atoms with E-state index in [9.17, 15) is 4.79 Å². The number of hydrogen-bond acceptors (Lipinski definition) is 3. The zero-order valence-corrected chi connectivity index (χ0v) is 10.7. The Kier molecular flexibility index (Phi) is 3.42. The van der Waals surface area contributed by atoms with Crippen LogP contribution in [0.3, 0.4) is 0 Å². The van der Waals surface area contributed by atoms with Gasteiger partial charge >= 0.3 is 0 Å². The molecule has 1 aromatic heterocycles. The van der Waals surface area contributed by atoms with Crippen molar-refractivity contribution in [3.05, 3.63) is 42.2 Å². The molecule has 1 aliphatic heterocycles. The lowest BCUT2D eigenvalue weighted by atomic mass is 10.1. The number of rotatable bonds is 4. The zero-order chi connectivity index (χ0) is 13.1. The molecule has 0 bridgehead atoms. The van der Waals surface area contributed by atoms with Crippen LogP contribution in [0.5, 0.6) is 0 Å². The van der Waals surface area contributed by atoms with Gasteiger partial charge in [-0.1, -0.05) is 24.3 Å². The van der Waals surface area contributed by atoms with Crippen LogP contribution in [-0.4, -0.2) is 23.5 Å². The summed E-state index contributed by atoms with van der Waals surface area (Å²) in [7, 11) is 0. The lowest BCUT2D eigenvalue weighted by Crippen LogP contribution is -2.35. The van der Waals surface area contributed by atoms with Crippen molar-refractivity contribution in [2.24, 2.45) is 0 Å². The maximum absolute atomic E-state index is 11.1. The molecule has 0 saturated carbocycles. The molecule has 2 heterocycles. The van der Waals surface area contributed by atoms with Gasteiger partial charge in [0.1, 0.15) is 0 Å². The van der Waals surface area contributed by atoms with Crippen LogP contribution >= 0.6 is 0 Å². The summed E-state index contributed by atoms with van der Waals surface area (Å²) >= 11 is 0. The summed E-state index contributed by atoms with van der Waals surface area (Å²) in [6.45, 7) is 1.59. The molecular formula is C15H17N3O. The van der Waals surface area contributed by atoms with Gasteiger partial charge in [0.05, 0.1) is 0 Å². The highest BCUT2D eigenvalue weighted by Crippen LogP contribution is 2.16. The van der Waals surface area contributed by atoms with Crippen molar-refractivity contribution in [1.29, 1.82) is 0 Å². The highest BCUT2D eigenvalue weighted by molar-refractivity contribution is 5.84. The minimum atomic E-state index is 0.165. The third-order valence-electron chi connectivity index (χ3n) is 3.54. The molecule has 1 saturated heterocycles. The van der Waals surface area contributed by atoms with Crippen LogP contribution in [0, 0.1) is 0 Å². The molecule has 1 unspecified atom stereocenters. The van der Waals surface area contributed by atoms with E-state index in [1.165, 1.54) is 10.9 Å². The fraction of sp³-hybridized carbons (Fsp3) is 0.333. The van der Waals surface area contributed by atoms with Crippen LogP contribution in [0.4, 0.5) is 0 Å². The molecule has 1 atom stereocenters. The number of hydrogen-bond donors (Lipinski definition) is 2. The van der Waals surface area contributed by atoms with E-state index < -0.39 is 0 Å². The summed E-state index contributed by atoms with van der Waals surface area (Å²) in [4.78, 5) is 15.4. The Morgan fingerprint density at radius 3 is 3.05 bits per heavy atom. The van der Waals surface area contributed by atoms with Gasteiger partial charge in [-0.05, 0) is 17.4 Å². The van der Waals surface area contributed by atoms with Gasteiger partial charge in [-0.25, -0.2) is 0 Å². The number of amides is 1. The van der Waals surface area contributed by atoms with E-state index >= 15 is 0 Å². The third-order valence-corrected chi connectivity index (χ3v) is 3.54. The summed E-state index contributed by atoms with van der Waals surface area (Å²) < 4.78 is 0. The van der Waals surface area contributed by atoms with Crippen LogP contribution in [0.15, 0.2) is 36.7 Å². The molecule has 1 amide bonds. The van der Waals surface area contributed by atoms with Crippen LogP contribution in [-0.2, 0) is 11.3 Å². The number of carbonyl (C=O) groups excluding carboxylic acids is 1. The summed E-state index contributed by atoms with van der Waals surface area (Å²) in [5, 5.41) is 8.76. The molecule has 3 rings (SSSR count). The van der Waals surface area contributed by atoms with Gasteiger partial charge in [0.2, 0.25) is 5.91 Å². The van der Waals surface area contributed by atoms with Gasteiger partial charge in [-0.2, -0.15) is 0 Å². The predicted molar refractivity (Wildman–Crippen MR) is 74.6 cm³/mol. The molecule has 0 aliphatic carbocycles. The normalized spacial score (nSPS) is 18.7. The number of fused-ring (bicyclic) bond motifs is 1. The quantitative estimate of drug-likeness (QED) is 0.872. The van der Waals surface area contributed by atoms with Crippen LogP contribution < -0.4 is 10.6 Å². The second-order valence-corrected chi connectivity index (χ2v) is 4.95. The summed E-state index contributed by atoms with van der Waals surface area (Å²) in [5.74, 6) is 0.165. The Morgan fingerprint density at radius 1 is 1.32 bits per heavy atom. The molecule has 19 heavy (non-hydrogen) atoms. The first kappa shape index (κ1) is 12.1. The minimum absolute atomic E-state index is 0.165. The maximum atomic E-state index is 11.1. The van der Waals surface area contributed by atoms with Crippen molar-refractivity contribution in [3.63, 3.8) is 0 Å². The van der Waals surface area contributed by atoms with Gasteiger partial charge in [-0.3, -0.25) is 9.78 Å². The van der Waals surface area contributed by atoms with E-state index in [1.807, 2.05) is 24.5 Å². The minimum Gasteiger partial charge on any atom is -0.352 e. The maximum Gasteiger partial charge on any atom is 0.220 e. The van der Waals surface area contributed by atoms with Gasteiger partial charge in [0, 0.05) is 43.3 Å². The number of pyridine rings is 1. The van der Waals surface area contributed by atoms with Crippen LogP contribution in [0.1, 0.15) is 18.4 Å². The largest absolute Gasteiger partial charge is 0.352 e. The van der Waals surface area contributed by atoms with Crippen molar-refractivity contribution in [3.8, 4) is 0 Å². The van der Waals surface area contributed by atoms with Gasteiger partial charge in [-0.15, -0.1) is 0 Å². The zero-order valence-electron chi connectivity index (χ0n) is 10.7. The van der Waals surface area contributed by atoms with E-state index in [0.717, 1.165) is 24.9 Å². The molecule has 1 aliphatic rings. The molecule has 98 valence electrons.